The molecule has 0 amide bonds. The van der Waals surface area contributed by atoms with Crippen molar-refractivity contribution in [2.24, 2.45) is 0 Å². The van der Waals surface area contributed by atoms with Gasteiger partial charge in [0.1, 0.15) is 23.9 Å². The maximum atomic E-state index is 9.85. The second-order valence-corrected chi connectivity index (χ2v) is 11.8. The van der Waals surface area contributed by atoms with E-state index in [1.165, 1.54) is 73.1 Å². The molecule has 5 nitrogen and oxygen atoms in total. The Kier molecular flexibility index (Phi) is 10.8. The number of nitrogens with zero attached hydrogens (tertiary/aromatic N) is 1. The third-order valence-corrected chi connectivity index (χ3v) is 8.87. The van der Waals surface area contributed by atoms with Crippen molar-refractivity contribution in [3.05, 3.63) is 82.9 Å². The molecule has 2 aliphatic rings. The van der Waals surface area contributed by atoms with Crippen LogP contribution in [0.4, 0.5) is 5.69 Å². The zero-order valence-corrected chi connectivity index (χ0v) is 24.9. The molecule has 1 unspecified atom stereocenters. The van der Waals surface area contributed by atoms with Crippen LogP contribution in [0.15, 0.2) is 60.7 Å². The first-order valence-corrected chi connectivity index (χ1v) is 15.8. The summed E-state index contributed by atoms with van der Waals surface area (Å²) in [7, 11) is 1.73. The lowest BCUT2D eigenvalue weighted by atomic mass is 9.79. The van der Waals surface area contributed by atoms with Crippen molar-refractivity contribution in [3.8, 4) is 17.2 Å². The van der Waals surface area contributed by atoms with Gasteiger partial charge >= 0.3 is 0 Å². The molecule has 0 radical (unpaired) electrons. The van der Waals surface area contributed by atoms with E-state index in [-0.39, 0.29) is 0 Å². The van der Waals surface area contributed by atoms with E-state index in [0.29, 0.717) is 11.7 Å². The summed E-state index contributed by atoms with van der Waals surface area (Å²) in [6.45, 7) is 5.18. The third-order valence-electron chi connectivity index (χ3n) is 8.87. The molecule has 5 rings (SSSR count). The highest BCUT2D eigenvalue weighted by molar-refractivity contribution is 5.57. The Morgan fingerprint density at radius 3 is 2.44 bits per heavy atom. The second kappa shape index (κ2) is 15.2. The highest BCUT2D eigenvalue weighted by atomic mass is 16.5. The zero-order chi connectivity index (χ0) is 28.3. The summed E-state index contributed by atoms with van der Waals surface area (Å²) < 4.78 is 11.6. The lowest BCUT2D eigenvalue weighted by molar-refractivity contribution is 0.195. The summed E-state index contributed by atoms with van der Waals surface area (Å²) in [6.07, 6.45) is 13.2. The molecule has 1 aliphatic carbocycles. The number of rotatable bonds is 12. The van der Waals surface area contributed by atoms with Gasteiger partial charge in [0.2, 0.25) is 0 Å². The van der Waals surface area contributed by atoms with Crippen molar-refractivity contribution in [1.29, 1.82) is 0 Å². The lowest BCUT2D eigenvalue weighted by Gasteiger charge is -2.27. The average molecular weight is 557 g/mol. The molecule has 0 spiro atoms. The number of hydrogen-bond donors (Lipinski definition) is 2. The van der Waals surface area contributed by atoms with Gasteiger partial charge < -0.3 is 19.9 Å². The molecule has 0 aromatic heterocycles. The van der Waals surface area contributed by atoms with Gasteiger partial charge in [-0.2, -0.15) is 0 Å². The first kappa shape index (κ1) is 29.3. The number of fused-ring (bicyclic) bond motifs is 1. The highest BCUT2D eigenvalue weighted by Crippen LogP contribution is 2.38. The van der Waals surface area contributed by atoms with E-state index in [1.807, 2.05) is 12.1 Å². The van der Waals surface area contributed by atoms with Gasteiger partial charge in [0.05, 0.1) is 7.11 Å². The number of benzene rings is 3. The summed E-state index contributed by atoms with van der Waals surface area (Å²) in [6, 6.07) is 21.0. The number of phenols is 1. The minimum atomic E-state index is 0.368. The Morgan fingerprint density at radius 1 is 0.854 bits per heavy atom. The number of phenolic OH excluding ortho intramolecular Hbond substituents is 1. The molecule has 3 aromatic rings. The van der Waals surface area contributed by atoms with Crippen LogP contribution in [0.25, 0.3) is 0 Å². The van der Waals surface area contributed by atoms with E-state index in [2.05, 4.69) is 58.7 Å². The first-order valence-electron chi connectivity index (χ1n) is 15.8. The van der Waals surface area contributed by atoms with Crippen molar-refractivity contribution >= 4 is 5.69 Å². The Bertz CT molecular complexity index is 1220. The minimum absolute atomic E-state index is 0.368. The molecule has 220 valence electrons. The van der Waals surface area contributed by atoms with Crippen molar-refractivity contribution < 1.29 is 14.6 Å². The number of nitrogens with one attached hydrogen (secondary N) is 1. The number of unbranched alkanes of at least 4 members (excludes halogenated alkanes) is 1. The fourth-order valence-electron chi connectivity index (χ4n) is 6.44. The molecule has 1 saturated heterocycles. The van der Waals surface area contributed by atoms with Crippen molar-refractivity contribution in [1.82, 2.24) is 4.90 Å². The van der Waals surface area contributed by atoms with Gasteiger partial charge in [0, 0.05) is 24.8 Å². The first-order chi connectivity index (χ1) is 20.2. The van der Waals surface area contributed by atoms with Crippen LogP contribution >= 0.6 is 0 Å². The van der Waals surface area contributed by atoms with Gasteiger partial charge in [0.25, 0.3) is 0 Å². The van der Waals surface area contributed by atoms with Gasteiger partial charge in [-0.25, -0.2) is 0 Å². The number of likely N-dealkylation sites (tertiary alicyclic amines) is 1. The van der Waals surface area contributed by atoms with Crippen molar-refractivity contribution in [3.63, 3.8) is 0 Å². The Balaban J connectivity index is 1.05. The summed E-state index contributed by atoms with van der Waals surface area (Å²) in [4.78, 5) is 2.57. The van der Waals surface area contributed by atoms with Gasteiger partial charge in [0.15, 0.2) is 0 Å². The van der Waals surface area contributed by atoms with Crippen LogP contribution in [-0.4, -0.2) is 49.9 Å². The predicted octanol–water partition coefficient (Wildman–Crippen LogP) is 7.75. The van der Waals surface area contributed by atoms with Gasteiger partial charge in [-0.3, -0.25) is 4.90 Å². The minimum Gasteiger partial charge on any atom is -0.508 e. The Hall–Kier alpha value is -3.18. The molecule has 1 heterocycles. The van der Waals surface area contributed by atoms with Crippen LogP contribution in [0, 0.1) is 0 Å². The van der Waals surface area contributed by atoms with E-state index in [1.54, 1.807) is 7.11 Å². The molecule has 1 aliphatic heterocycles. The van der Waals surface area contributed by atoms with E-state index >= 15 is 0 Å². The van der Waals surface area contributed by atoms with Crippen LogP contribution in [0.3, 0.4) is 0 Å². The number of aryl methyl sites for hydroxylation is 2. The maximum absolute atomic E-state index is 9.85. The van der Waals surface area contributed by atoms with Crippen LogP contribution in [0.2, 0.25) is 0 Å². The largest absolute Gasteiger partial charge is 0.508 e. The third kappa shape index (κ3) is 8.65. The topological polar surface area (TPSA) is 54.0 Å². The average Bonchev–Trinajstić information content (AvgIpc) is 2.98. The molecule has 1 atom stereocenters. The molecule has 2 N–H and O–H groups in total. The van der Waals surface area contributed by atoms with Crippen molar-refractivity contribution in [2.75, 3.05) is 45.2 Å². The van der Waals surface area contributed by atoms with Crippen molar-refractivity contribution in [2.45, 2.75) is 76.5 Å². The molecule has 0 bridgehead atoms. The predicted molar refractivity (Wildman–Crippen MR) is 169 cm³/mol. The van der Waals surface area contributed by atoms with E-state index in [0.717, 1.165) is 69.7 Å². The number of anilines is 1. The molecule has 41 heavy (non-hydrogen) atoms. The van der Waals surface area contributed by atoms with Crippen LogP contribution < -0.4 is 14.8 Å². The monoisotopic (exact) mass is 556 g/mol. The number of aromatic hydroxyl groups is 1. The Labute approximate surface area is 246 Å². The standard InChI is InChI=1S/C36H48N2O3/c1-40-34-18-19-35(31-13-12-30-26-32(39)15-14-29(30)25-31)36(27-34)37-20-6-5-9-28-10-16-33(17-11-28)41-24-23-38-21-7-3-2-4-8-22-38/h10-11,14-19,26-27,31,37,39H,2-9,12-13,20-25H2,1H3. The summed E-state index contributed by atoms with van der Waals surface area (Å²) in [5, 5.41) is 13.6. The second-order valence-electron chi connectivity index (χ2n) is 11.8. The zero-order valence-electron chi connectivity index (χ0n) is 24.9. The molecule has 1 fully saturated rings. The van der Waals surface area contributed by atoms with Crippen LogP contribution in [-0.2, 0) is 19.3 Å². The fourth-order valence-corrected chi connectivity index (χ4v) is 6.44. The SMILES string of the molecule is COc1ccc(C2CCc3cc(O)ccc3C2)c(NCCCCc2ccc(OCCN3CCCCCCC3)cc2)c1. The van der Waals surface area contributed by atoms with Gasteiger partial charge in [-0.05, 0) is 123 Å². The van der Waals surface area contributed by atoms with E-state index in [9.17, 15) is 5.11 Å². The number of ether oxygens (including phenoxy) is 2. The Morgan fingerprint density at radius 2 is 1.63 bits per heavy atom. The molecular weight excluding hydrogens is 508 g/mol. The summed E-state index contributed by atoms with van der Waals surface area (Å²) in [5.41, 5.74) is 6.56. The van der Waals surface area contributed by atoms with Crippen LogP contribution in [0.5, 0.6) is 17.2 Å². The molecule has 3 aromatic carbocycles. The normalized spacial score (nSPS) is 17.7. The van der Waals surface area contributed by atoms with E-state index < -0.39 is 0 Å². The van der Waals surface area contributed by atoms with Gasteiger partial charge in [-0.15, -0.1) is 0 Å². The number of methoxy groups -OCH3 is 1. The van der Waals surface area contributed by atoms with Crippen LogP contribution in [0.1, 0.15) is 79.5 Å². The quantitative estimate of drug-likeness (QED) is 0.223. The molecule has 5 heteroatoms. The smallest absolute Gasteiger partial charge is 0.120 e. The number of hydrogen-bond acceptors (Lipinski definition) is 5. The van der Waals surface area contributed by atoms with E-state index in [4.69, 9.17) is 9.47 Å². The highest BCUT2D eigenvalue weighted by Gasteiger charge is 2.23. The molecule has 0 saturated carbocycles. The summed E-state index contributed by atoms with van der Waals surface area (Å²) >= 11 is 0. The summed E-state index contributed by atoms with van der Waals surface area (Å²) in [5.74, 6) is 2.71. The molecular formula is C36H48N2O3. The fraction of sp³-hybridized carbons (Fsp3) is 0.500. The maximum Gasteiger partial charge on any atom is 0.120 e. The lowest BCUT2D eigenvalue weighted by Crippen LogP contribution is -2.31. The van der Waals surface area contributed by atoms with Gasteiger partial charge in [-0.1, -0.05) is 43.5 Å².